The van der Waals surface area contributed by atoms with Gasteiger partial charge in [-0.1, -0.05) is 18.2 Å². The number of para-hydroxylation sites is 1. The molecule has 0 saturated heterocycles. The fourth-order valence-corrected chi connectivity index (χ4v) is 1.40. The average molecular weight is 216 g/mol. The van der Waals surface area contributed by atoms with Gasteiger partial charge in [0, 0.05) is 18.3 Å². The van der Waals surface area contributed by atoms with Crippen molar-refractivity contribution in [3.8, 4) is 0 Å². The molecule has 82 valence electrons. The molecule has 0 atom stereocenters. The number of nitrogens with zero attached hydrogens (tertiary/aromatic N) is 1. The Hall–Kier alpha value is -2.14. The molecule has 0 aliphatic heterocycles. The Morgan fingerprint density at radius 2 is 2.19 bits per heavy atom. The quantitative estimate of drug-likeness (QED) is 0.713. The minimum atomic E-state index is -0.192. The SMILES string of the molecule is NCc1ccccc1Nc1cc(=O)[nH]cn1. The summed E-state index contributed by atoms with van der Waals surface area (Å²) in [6, 6.07) is 9.03. The molecule has 1 aromatic heterocycles. The molecule has 16 heavy (non-hydrogen) atoms. The Morgan fingerprint density at radius 3 is 2.94 bits per heavy atom. The first-order chi connectivity index (χ1) is 7.79. The second-order valence-electron chi connectivity index (χ2n) is 3.28. The normalized spacial score (nSPS) is 10.1. The Bertz CT molecular complexity index is 535. The van der Waals surface area contributed by atoms with Crippen molar-refractivity contribution in [1.29, 1.82) is 0 Å². The van der Waals surface area contributed by atoms with E-state index in [0.717, 1.165) is 11.3 Å². The number of rotatable bonds is 3. The van der Waals surface area contributed by atoms with E-state index in [4.69, 9.17) is 5.73 Å². The molecular formula is C11H12N4O. The number of anilines is 2. The van der Waals surface area contributed by atoms with Gasteiger partial charge in [-0.2, -0.15) is 0 Å². The zero-order chi connectivity index (χ0) is 11.4. The molecule has 0 amide bonds. The van der Waals surface area contributed by atoms with Crippen molar-refractivity contribution in [1.82, 2.24) is 9.97 Å². The number of benzene rings is 1. The molecule has 0 fully saturated rings. The molecule has 0 radical (unpaired) electrons. The van der Waals surface area contributed by atoms with Gasteiger partial charge in [0.25, 0.3) is 5.56 Å². The predicted molar refractivity (Wildman–Crippen MR) is 62.5 cm³/mol. The molecule has 2 rings (SSSR count). The monoisotopic (exact) mass is 216 g/mol. The summed E-state index contributed by atoms with van der Waals surface area (Å²) in [5.41, 5.74) is 7.25. The Morgan fingerprint density at radius 1 is 1.38 bits per heavy atom. The van der Waals surface area contributed by atoms with Crippen LogP contribution in [0.25, 0.3) is 0 Å². The Labute approximate surface area is 92.3 Å². The van der Waals surface area contributed by atoms with E-state index < -0.39 is 0 Å². The lowest BCUT2D eigenvalue weighted by Gasteiger charge is -2.08. The minimum Gasteiger partial charge on any atom is -0.340 e. The first-order valence-corrected chi connectivity index (χ1v) is 4.89. The first kappa shape index (κ1) is 10.4. The van der Waals surface area contributed by atoms with E-state index in [-0.39, 0.29) is 5.56 Å². The molecular weight excluding hydrogens is 204 g/mol. The summed E-state index contributed by atoms with van der Waals surface area (Å²) >= 11 is 0. The smallest absolute Gasteiger partial charge is 0.252 e. The summed E-state index contributed by atoms with van der Waals surface area (Å²) in [5, 5.41) is 3.05. The number of nitrogens with two attached hydrogens (primary N) is 1. The van der Waals surface area contributed by atoms with Gasteiger partial charge in [0.2, 0.25) is 0 Å². The molecule has 0 unspecified atom stereocenters. The van der Waals surface area contributed by atoms with E-state index >= 15 is 0 Å². The Balaban J connectivity index is 2.30. The zero-order valence-electron chi connectivity index (χ0n) is 8.60. The lowest BCUT2D eigenvalue weighted by Crippen LogP contribution is -2.08. The van der Waals surface area contributed by atoms with Crippen LogP contribution >= 0.6 is 0 Å². The van der Waals surface area contributed by atoms with Crippen molar-refractivity contribution in [3.63, 3.8) is 0 Å². The second-order valence-corrected chi connectivity index (χ2v) is 3.28. The van der Waals surface area contributed by atoms with Gasteiger partial charge in [-0.15, -0.1) is 0 Å². The molecule has 0 aliphatic rings. The fraction of sp³-hybridized carbons (Fsp3) is 0.0909. The molecule has 0 aliphatic carbocycles. The van der Waals surface area contributed by atoms with Crippen LogP contribution in [0.3, 0.4) is 0 Å². The second kappa shape index (κ2) is 4.59. The highest BCUT2D eigenvalue weighted by atomic mass is 16.1. The molecule has 4 N–H and O–H groups in total. The molecule has 1 heterocycles. The van der Waals surface area contributed by atoms with E-state index in [1.807, 2.05) is 24.3 Å². The summed E-state index contributed by atoms with van der Waals surface area (Å²) in [6.45, 7) is 0.437. The van der Waals surface area contributed by atoms with Crippen LogP contribution in [0.2, 0.25) is 0 Å². The summed E-state index contributed by atoms with van der Waals surface area (Å²) in [6.07, 6.45) is 1.36. The van der Waals surface area contributed by atoms with Gasteiger partial charge in [-0.3, -0.25) is 4.79 Å². The standard InChI is InChI=1S/C11H12N4O/c12-6-8-3-1-2-4-9(8)15-10-5-11(16)14-7-13-10/h1-5,7H,6,12H2,(H2,13,14,15,16). The van der Waals surface area contributed by atoms with Crippen LogP contribution < -0.4 is 16.6 Å². The molecule has 5 nitrogen and oxygen atoms in total. The van der Waals surface area contributed by atoms with Crippen LogP contribution in [0.5, 0.6) is 0 Å². The van der Waals surface area contributed by atoms with Crippen molar-refractivity contribution in [2.75, 3.05) is 5.32 Å². The minimum absolute atomic E-state index is 0.192. The molecule has 5 heteroatoms. The molecule has 0 bridgehead atoms. The fourth-order valence-electron chi connectivity index (χ4n) is 1.40. The van der Waals surface area contributed by atoms with Crippen molar-refractivity contribution in [3.05, 3.63) is 52.6 Å². The largest absolute Gasteiger partial charge is 0.340 e. The van der Waals surface area contributed by atoms with E-state index in [1.54, 1.807) is 0 Å². The van der Waals surface area contributed by atoms with Gasteiger partial charge in [-0.05, 0) is 11.6 Å². The third kappa shape index (κ3) is 2.26. The van der Waals surface area contributed by atoms with Gasteiger partial charge < -0.3 is 16.0 Å². The lowest BCUT2D eigenvalue weighted by atomic mass is 10.2. The number of aromatic amines is 1. The third-order valence-corrected chi connectivity index (χ3v) is 2.18. The molecule has 2 aromatic rings. The van der Waals surface area contributed by atoms with Crippen LogP contribution in [0.4, 0.5) is 11.5 Å². The van der Waals surface area contributed by atoms with E-state index in [2.05, 4.69) is 15.3 Å². The van der Waals surface area contributed by atoms with E-state index in [9.17, 15) is 4.79 Å². The van der Waals surface area contributed by atoms with Gasteiger partial charge >= 0.3 is 0 Å². The van der Waals surface area contributed by atoms with Crippen LogP contribution in [-0.4, -0.2) is 9.97 Å². The van der Waals surface area contributed by atoms with Gasteiger partial charge in [0.05, 0.1) is 6.33 Å². The summed E-state index contributed by atoms with van der Waals surface area (Å²) < 4.78 is 0. The zero-order valence-corrected chi connectivity index (χ0v) is 8.60. The summed E-state index contributed by atoms with van der Waals surface area (Å²) in [7, 11) is 0. The highest BCUT2D eigenvalue weighted by molar-refractivity contribution is 5.59. The van der Waals surface area contributed by atoms with E-state index in [0.29, 0.717) is 12.4 Å². The maximum Gasteiger partial charge on any atom is 0.252 e. The number of H-pyrrole nitrogens is 1. The highest BCUT2D eigenvalue weighted by Gasteiger charge is 2.01. The number of aromatic nitrogens is 2. The third-order valence-electron chi connectivity index (χ3n) is 2.18. The van der Waals surface area contributed by atoms with Crippen LogP contribution in [0.1, 0.15) is 5.56 Å². The summed E-state index contributed by atoms with van der Waals surface area (Å²) in [5.74, 6) is 0.504. The van der Waals surface area contributed by atoms with Crippen LogP contribution in [0.15, 0.2) is 41.5 Å². The number of hydrogen-bond acceptors (Lipinski definition) is 4. The molecule has 1 aromatic carbocycles. The topological polar surface area (TPSA) is 83.8 Å². The average Bonchev–Trinajstić information content (AvgIpc) is 2.30. The molecule has 0 spiro atoms. The predicted octanol–water partition coefficient (Wildman–Crippen LogP) is 0.972. The number of hydrogen-bond donors (Lipinski definition) is 3. The van der Waals surface area contributed by atoms with Crippen LogP contribution in [0, 0.1) is 0 Å². The van der Waals surface area contributed by atoms with Gasteiger partial charge in [0.15, 0.2) is 0 Å². The molecule has 0 saturated carbocycles. The maximum absolute atomic E-state index is 11.1. The maximum atomic E-state index is 11.1. The lowest BCUT2D eigenvalue weighted by molar-refractivity contribution is 1.07. The van der Waals surface area contributed by atoms with Crippen molar-refractivity contribution in [2.24, 2.45) is 5.73 Å². The van der Waals surface area contributed by atoms with Gasteiger partial charge in [0.1, 0.15) is 5.82 Å². The van der Waals surface area contributed by atoms with Gasteiger partial charge in [-0.25, -0.2) is 4.98 Å². The summed E-state index contributed by atoms with van der Waals surface area (Å²) in [4.78, 5) is 17.5. The van der Waals surface area contributed by atoms with Crippen LogP contribution in [-0.2, 0) is 6.54 Å². The van der Waals surface area contributed by atoms with Crippen molar-refractivity contribution in [2.45, 2.75) is 6.54 Å². The number of nitrogens with one attached hydrogen (secondary N) is 2. The van der Waals surface area contributed by atoms with Crippen molar-refractivity contribution < 1.29 is 0 Å². The van der Waals surface area contributed by atoms with Crippen molar-refractivity contribution >= 4 is 11.5 Å². The highest BCUT2D eigenvalue weighted by Crippen LogP contribution is 2.17. The Kier molecular flexibility index (Phi) is 2.98. The van der Waals surface area contributed by atoms with E-state index in [1.165, 1.54) is 12.4 Å². The first-order valence-electron chi connectivity index (χ1n) is 4.89.